The summed E-state index contributed by atoms with van der Waals surface area (Å²) in [5.41, 5.74) is 12.3. The molecule has 3 heterocycles. The third-order valence-electron chi connectivity index (χ3n) is 9.35. The predicted octanol–water partition coefficient (Wildman–Crippen LogP) is 12.2. The molecule has 0 fully saturated rings. The number of benzene rings is 6. The van der Waals surface area contributed by atoms with Crippen molar-refractivity contribution < 1.29 is 13.3 Å². The van der Waals surface area contributed by atoms with Gasteiger partial charge in [0.25, 0.3) is 0 Å². The van der Waals surface area contributed by atoms with Crippen LogP contribution >= 0.6 is 0 Å². The Hall–Kier alpha value is -5.80. The van der Waals surface area contributed by atoms with Gasteiger partial charge in [0.05, 0.1) is 5.56 Å². The summed E-state index contributed by atoms with van der Waals surface area (Å²) in [6, 6.07) is 42.8. The summed E-state index contributed by atoms with van der Waals surface area (Å²) in [4.78, 5) is 0. The summed E-state index contributed by atoms with van der Waals surface area (Å²) in [6.07, 6.45) is 6.28. The zero-order chi connectivity index (χ0) is 29.5. The van der Waals surface area contributed by atoms with Gasteiger partial charge in [0.1, 0.15) is 33.7 Å². The van der Waals surface area contributed by atoms with Crippen molar-refractivity contribution in [2.45, 2.75) is 12.8 Å². The molecule has 3 heteroatoms. The molecular weight excluding hydrogens is 552 g/mol. The first-order valence-corrected chi connectivity index (χ1v) is 15.5. The average molecular weight is 579 g/mol. The molecule has 0 spiro atoms. The Morgan fingerprint density at radius 1 is 0.422 bits per heavy atom. The lowest BCUT2D eigenvalue weighted by Crippen LogP contribution is -1.89. The van der Waals surface area contributed by atoms with E-state index >= 15 is 0 Å². The van der Waals surface area contributed by atoms with Gasteiger partial charge in [0.2, 0.25) is 0 Å². The second-order valence-electron chi connectivity index (χ2n) is 12.0. The first kappa shape index (κ1) is 24.6. The van der Waals surface area contributed by atoms with Crippen LogP contribution in [0.5, 0.6) is 0 Å². The average Bonchev–Trinajstić information content (AvgIpc) is 3.78. The minimum Gasteiger partial charge on any atom is -0.456 e. The summed E-state index contributed by atoms with van der Waals surface area (Å²) < 4.78 is 19.7. The van der Waals surface area contributed by atoms with Crippen LogP contribution < -0.4 is 0 Å². The molecule has 0 amide bonds. The summed E-state index contributed by atoms with van der Waals surface area (Å²) in [6.45, 7) is 0. The van der Waals surface area contributed by atoms with Gasteiger partial charge < -0.3 is 13.3 Å². The molecule has 0 unspecified atom stereocenters. The highest BCUT2D eigenvalue weighted by Gasteiger charge is 2.23. The highest BCUT2D eigenvalue weighted by molar-refractivity contribution is 6.22. The molecule has 0 saturated heterocycles. The summed E-state index contributed by atoms with van der Waals surface area (Å²) >= 11 is 0. The van der Waals surface area contributed by atoms with Crippen LogP contribution in [0, 0.1) is 0 Å². The van der Waals surface area contributed by atoms with Gasteiger partial charge in [-0.2, -0.15) is 0 Å². The SMILES string of the molecule is C1=Cc2oc3ccc(-c4c5oc6ccc(-c7ccccc7)cc6c5cc5c4oc4ccc(-c6ccccc6)cc45)cc3c2CC1. The minimum atomic E-state index is 0.835. The van der Waals surface area contributed by atoms with Crippen LogP contribution in [0.3, 0.4) is 0 Å². The second-order valence-corrected chi connectivity index (χ2v) is 12.0. The third-order valence-corrected chi connectivity index (χ3v) is 9.35. The van der Waals surface area contributed by atoms with Gasteiger partial charge in [0.15, 0.2) is 0 Å². The minimum absolute atomic E-state index is 0.835. The molecule has 1 aliphatic rings. The van der Waals surface area contributed by atoms with Crippen LogP contribution in [0.1, 0.15) is 17.7 Å². The molecule has 6 aromatic carbocycles. The molecule has 3 aromatic heterocycles. The summed E-state index contributed by atoms with van der Waals surface area (Å²) in [5.74, 6) is 0.964. The fourth-order valence-corrected chi connectivity index (χ4v) is 7.16. The van der Waals surface area contributed by atoms with Crippen molar-refractivity contribution in [1.82, 2.24) is 0 Å². The molecule has 0 atom stereocenters. The van der Waals surface area contributed by atoms with Crippen molar-refractivity contribution in [2.24, 2.45) is 0 Å². The molecule has 0 radical (unpaired) electrons. The Bertz CT molecular complexity index is 2500. The van der Waals surface area contributed by atoms with Crippen LogP contribution in [-0.4, -0.2) is 0 Å². The van der Waals surface area contributed by atoms with E-state index < -0.39 is 0 Å². The number of aryl methyl sites for hydroxylation is 1. The number of fused-ring (bicyclic) bond motifs is 9. The number of furan rings is 3. The normalized spacial score (nSPS) is 13.1. The van der Waals surface area contributed by atoms with Crippen LogP contribution in [0.4, 0.5) is 0 Å². The maximum atomic E-state index is 6.74. The first-order valence-electron chi connectivity index (χ1n) is 15.5. The maximum absolute atomic E-state index is 6.74. The Balaban J connectivity index is 1.30. The van der Waals surface area contributed by atoms with E-state index in [1.54, 1.807) is 0 Å². The van der Waals surface area contributed by atoms with Gasteiger partial charge in [-0.25, -0.2) is 0 Å². The Labute approximate surface area is 258 Å². The van der Waals surface area contributed by atoms with E-state index in [4.69, 9.17) is 13.3 Å². The van der Waals surface area contributed by atoms with E-state index in [1.165, 1.54) is 16.7 Å². The lowest BCUT2D eigenvalue weighted by atomic mass is 9.94. The van der Waals surface area contributed by atoms with Crippen molar-refractivity contribution in [3.05, 3.63) is 139 Å². The quantitative estimate of drug-likeness (QED) is 0.209. The zero-order valence-corrected chi connectivity index (χ0v) is 24.3. The van der Waals surface area contributed by atoms with Crippen LogP contribution in [0.25, 0.3) is 94.3 Å². The molecule has 3 nitrogen and oxygen atoms in total. The highest BCUT2D eigenvalue weighted by atomic mass is 16.3. The topological polar surface area (TPSA) is 39.4 Å². The zero-order valence-electron chi connectivity index (χ0n) is 24.3. The van der Waals surface area contributed by atoms with E-state index in [-0.39, 0.29) is 0 Å². The predicted molar refractivity (Wildman–Crippen MR) is 184 cm³/mol. The molecule has 0 bridgehead atoms. The lowest BCUT2D eigenvalue weighted by Gasteiger charge is -2.07. The van der Waals surface area contributed by atoms with E-state index in [0.29, 0.717) is 0 Å². The standard InChI is InChI=1S/C42H26O3/c1-3-9-25(10-4-1)27-15-18-38-32(21-27)34-24-35-33-22-28(26-11-5-2-6-12-26)16-19-39(33)45-42(35)40(41(34)44-38)29-17-20-37-31(23-29)30-13-7-8-14-36(30)43-37/h1-6,8-12,14-24H,7,13H2. The van der Waals surface area contributed by atoms with E-state index in [1.807, 2.05) is 0 Å². The van der Waals surface area contributed by atoms with Crippen molar-refractivity contribution >= 4 is 60.9 Å². The van der Waals surface area contributed by atoms with E-state index in [9.17, 15) is 0 Å². The number of rotatable bonds is 3. The molecule has 10 rings (SSSR count). The third kappa shape index (κ3) is 3.71. The van der Waals surface area contributed by atoms with Crippen molar-refractivity contribution in [3.63, 3.8) is 0 Å². The fourth-order valence-electron chi connectivity index (χ4n) is 7.16. The molecule has 9 aromatic rings. The largest absolute Gasteiger partial charge is 0.456 e. The number of hydrogen-bond acceptors (Lipinski definition) is 3. The van der Waals surface area contributed by atoms with Crippen molar-refractivity contribution in [2.75, 3.05) is 0 Å². The summed E-state index contributed by atoms with van der Waals surface area (Å²) in [5, 5.41) is 5.50. The monoisotopic (exact) mass is 578 g/mol. The Kier molecular flexibility index (Phi) is 5.11. The van der Waals surface area contributed by atoms with Crippen molar-refractivity contribution in [3.8, 4) is 33.4 Å². The van der Waals surface area contributed by atoms with Gasteiger partial charge in [0, 0.05) is 32.5 Å². The van der Waals surface area contributed by atoms with Crippen LogP contribution in [-0.2, 0) is 6.42 Å². The molecular formula is C42H26O3. The lowest BCUT2D eigenvalue weighted by molar-refractivity contribution is 0.595. The molecule has 45 heavy (non-hydrogen) atoms. The number of hydrogen-bond donors (Lipinski definition) is 0. The van der Waals surface area contributed by atoms with Gasteiger partial charge in [-0.15, -0.1) is 0 Å². The Morgan fingerprint density at radius 3 is 1.56 bits per heavy atom. The first-order chi connectivity index (χ1) is 22.3. The molecule has 0 N–H and O–H groups in total. The van der Waals surface area contributed by atoms with E-state index in [0.717, 1.165) is 95.7 Å². The summed E-state index contributed by atoms with van der Waals surface area (Å²) in [7, 11) is 0. The second kappa shape index (κ2) is 9.35. The van der Waals surface area contributed by atoms with Crippen molar-refractivity contribution in [1.29, 1.82) is 0 Å². The maximum Gasteiger partial charge on any atom is 0.147 e. The molecule has 1 aliphatic carbocycles. The van der Waals surface area contributed by atoms with Crippen LogP contribution in [0.15, 0.2) is 141 Å². The van der Waals surface area contributed by atoms with Gasteiger partial charge in [-0.1, -0.05) is 84.9 Å². The Morgan fingerprint density at radius 2 is 0.956 bits per heavy atom. The molecule has 212 valence electrons. The highest BCUT2D eigenvalue weighted by Crippen LogP contribution is 2.46. The number of allylic oxidation sites excluding steroid dienone is 1. The van der Waals surface area contributed by atoms with Crippen LogP contribution in [0.2, 0.25) is 0 Å². The molecule has 0 saturated carbocycles. The van der Waals surface area contributed by atoms with Gasteiger partial charge >= 0.3 is 0 Å². The van der Waals surface area contributed by atoms with Gasteiger partial charge in [-0.05, 0) is 89.2 Å². The fraction of sp³-hybridized carbons (Fsp3) is 0.0476. The van der Waals surface area contributed by atoms with Gasteiger partial charge in [-0.3, -0.25) is 0 Å². The van der Waals surface area contributed by atoms with E-state index in [2.05, 4.69) is 133 Å². The molecule has 0 aliphatic heterocycles. The smallest absolute Gasteiger partial charge is 0.147 e.